The van der Waals surface area contributed by atoms with E-state index in [1.807, 2.05) is 38.1 Å². The molecule has 4 nitrogen and oxygen atoms in total. The monoisotopic (exact) mass is 356 g/mol. The van der Waals surface area contributed by atoms with Gasteiger partial charge in [0, 0.05) is 10.4 Å². The minimum absolute atomic E-state index is 0.132. The molecule has 0 aliphatic carbocycles. The van der Waals surface area contributed by atoms with Crippen LogP contribution in [0.2, 0.25) is 0 Å². The van der Waals surface area contributed by atoms with Gasteiger partial charge in [0.05, 0.1) is 18.4 Å². The Labute approximate surface area is 149 Å². The molecule has 0 spiro atoms. The summed E-state index contributed by atoms with van der Waals surface area (Å²) < 4.78 is 18.6. The summed E-state index contributed by atoms with van der Waals surface area (Å²) in [5.74, 6) is -0.645. The fourth-order valence-electron chi connectivity index (χ4n) is 2.45. The van der Waals surface area contributed by atoms with Crippen LogP contribution in [0.15, 0.2) is 42.5 Å². The molecule has 25 heavy (non-hydrogen) atoms. The zero-order chi connectivity index (χ0) is 18.0. The van der Waals surface area contributed by atoms with E-state index in [2.05, 4.69) is 10.3 Å². The molecule has 0 saturated heterocycles. The van der Waals surface area contributed by atoms with Gasteiger partial charge in [0.2, 0.25) is 0 Å². The highest BCUT2D eigenvalue weighted by molar-refractivity contribution is 7.16. The number of ether oxygens (including phenoxy) is 1. The Hall–Kier alpha value is -2.73. The van der Waals surface area contributed by atoms with Crippen LogP contribution in [-0.2, 0) is 0 Å². The third kappa shape index (κ3) is 3.69. The van der Waals surface area contributed by atoms with E-state index in [1.165, 1.54) is 36.1 Å². The minimum atomic E-state index is -0.499. The molecular weight excluding hydrogens is 339 g/mol. The van der Waals surface area contributed by atoms with Gasteiger partial charge in [0.15, 0.2) is 5.13 Å². The molecule has 0 aliphatic heterocycles. The third-order valence-corrected chi connectivity index (χ3v) is 4.63. The van der Waals surface area contributed by atoms with Crippen molar-refractivity contribution in [2.24, 2.45) is 0 Å². The Balaban J connectivity index is 1.87. The van der Waals surface area contributed by atoms with Gasteiger partial charge in [-0.3, -0.25) is 10.1 Å². The minimum Gasteiger partial charge on any atom is -0.496 e. The number of halogens is 1. The van der Waals surface area contributed by atoms with Crippen LogP contribution in [0.1, 0.15) is 20.8 Å². The topological polar surface area (TPSA) is 51.2 Å². The molecule has 6 heteroatoms. The molecule has 0 aliphatic rings. The summed E-state index contributed by atoms with van der Waals surface area (Å²) >= 11 is 1.38. The number of rotatable bonds is 4. The second-order valence-corrected chi connectivity index (χ2v) is 6.79. The molecule has 0 fully saturated rings. The molecule has 2 aromatic carbocycles. The molecule has 0 radical (unpaired) electrons. The molecule has 0 atom stereocenters. The molecule has 0 saturated carbocycles. The lowest BCUT2D eigenvalue weighted by Crippen LogP contribution is -2.13. The van der Waals surface area contributed by atoms with Crippen molar-refractivity contribution in [2.45, 2.75) is 13.8 Å². The van der Waals surface area contributed by atoms with Crippen LogP contribution in [0.4, 0.5) is 9.52 Å². The van der Waals surface area contributed by atoms with Gasteiger partial charge in [-0.1, -0.05) is 29.8 Å². The van der Waals surface area contributed by atoms with Gasteiger partial charge in [0.25, 0.3) is 5.91 Å². The predicted octanol–water partition coefficient (Wildman–Crippen LogP) is 4.83. The van der Waals surface area contributed by atoms with Gasteiger partial charge in [0.1, 0.15) is 11.6 Å². The van der Waals surface area contributed by atoms with Crippen LogP contribution >= 0.6 is 11.3 Å². The first kappa shape index (κ1) is 17.1. The number of carbonyl (C=O) groups excluding carboxylic acids is 1. The Bertz CT molecular complexity index is 920. The number of methoxy groups -OCH3 is 1. The van der Waals surface area contributed by atoms with E-state index >= 15 is 0 Å². The van der Waals surface area contributed by atoms with Crippen LogP contribution in [0, 0.1) is 19.7 Å². The summed E-state index contributed by atoms with van der Waals surface area (Å²) in [5, 5.41) is 3.19. The molecule has 0 unspecified atom stereocenters. The van der Waals surface area contributed by atoms with E-state index in [0.717, 1.165) is 22.2 Å². The maximum atomic E-state index is 13.5. The lowest BCUT2D eigenvalue weighted by molar-refractivity contribution is 0.102. The number of hydrogen-bond donors (Lipinski definition) is 1. The fraction of sp³-hybridized carbons (Fsp3) is 0.158. The van der Waals surface area contributed by atoms with Gasteiger partial charge in [-0.2, -0.15) is 0 Å². The first-order chi connectivity index (χ1) is 12.0. The molecule has 3 aromatic rings. The first-order valence-corrected chi connectivity index (χ1v) is 8.49. The summed E-state index contributed by atoms with van der Waals surface area (Å²) in [7, 11) is 1.44. The van der Waals surface area contributed by atoms with E-state index in [0.29, 0.717) is 10.9 Å². The molecule has 1 aromatic heterocycles. The van der Waals surface area contributed by atoms with Crippen molar-refractivity contribution in [1.29, 1.82) is 0 Å². The average molecular weight is 356 g/mol. The van der Waals surface area contributed by atoms with Crippen molar-refractivity contribution in [1.82, 2.24) is 4.98 Å². The summed E-state index contributed by atoms with van der Waals surface area (Å²) in [4.78, 5) is 18.0. The quantitative estimate of drug-likeness (QED) is 0.729. The Kier molecular flexibility index (Phi) is 4.81. The van der Waals surface area contributed by atoms with Crippen molar-refractivity contribution in [2.75, 3.05) is 12.4 Å². The number of aromatic nitrogens is 1. The van der Waals surface area contributed by atoms with E-state index in [9.17, 15) is 9.18 Å². The van der Waals surface area contributed by atoms with Gasteiger partial charge in [-0.25, -0.2) is 9.37 Å². The van der Waals surface area contributed by atoms with Crippen LogP contribution in [0.5, 0.6) is 5.75 Å². The molecule has 1 N–H and O–H groups in total. The SMILES string of the molecule is COc1ccc(F)cc1C(=O)Nc1nc(-c2ccc(C)cc2)c(C)s1. The van der Waals surface area contributed by atoms with Gasteiger partial charge >= 0.3 is 0 Å². The second kappa shape index (κ2) is 7.03. The maximum Gasteiger partial charge on any atom is 0.261 e. The highest BCUT2D eigenvalue weighted by Gasteiger charge is 2.17. The molecule has 3 rings (SSSR count). The second-order valence-electron chi connectivity index (χ2n) is 5.59. The largest absolute Gasteiger partial charge is 0.496 e. The number of hydrogen-bond acceptors (Lipinski definition) is 4. The number of amides is 1. The van der Waals surface area contributed by atoms with E-state index in [-0.39, 0.29) is 5.56 Å². The number of anilines is 1. The summed E-state index contributed by atoms with van der Waals surface area (Å²) in [6.07, 6.45) is 0. The number of nitrogens with one attached hydrogen (secondary N) is 1. The number of thiazole rings is 1. The van der Waals surface area contributed by atoms with Crippen LogP contribution in [-0.4, -0.2) is 18.0 Å². The zero-order valence-corrected chi connectivity index (χ0v) is 14.9. The Morgan fingerprint density at radius 2 is 1.88 bits per heavy atom. The van der Waals surface area contributed by atoms with Crippen molar-refractivity contribution >= 4 is 22.4 Å². The predicted molar refractivity (Wildman–Crippen MR) is 97.9 cm³/mol. The smallest absolute Gasteiger partial charge is 0.261 e. The molecule has 1 amide bonds. The zero-order valence-electron chi connectivity index (χ0n) is 14.1. The summed E-state index contributed by atoms with van der Waals surface area (Å²) in [5.41, 5.74) is 3.12. The highest BCUT2D eigenvalue weighted by Crippen LogP contribution is 2.31. The standard InChI is InChI=1S/C19H17FN2O2S/c1-11-4-6-13(7-5-11)17-12(2)25-19(21-17)22-18(23)15-10-14(20)8-9-16(15)24-3/h4-10H,1-3H3,(H,21,22,23). The maximum absolute atomic E-state index is 13.5. The van der Waals surface area contributed by atoms with Crippen molar-refractivity contribution < 1.29 is 13.9 Å². The van der Waals surface area contributed by atoms with E-state index < -0.39 is 11.7 Å². The van der Waals surface area contributed by atoms with Crippen LogP contribution in [0.25, 0.3) is 11.3 Å². The molecule has 0 bridgehead atoms. The number of aryl methyl sites for hydroxylation is 2. The molecular formula is C19H17FN2O2S. The number of benzene rings is 2. The third-order valence-electron chi connectivity index (χ3n) is 3.75. The summed E-state index contributed by atoms with van der Waals surface area (Å²) in [6.45, 7) is 3.97. The highest BCUT2D eigenvalue weighted by atomic mass is 32.1. The number of carbonyl (C=O) groups is 1. The number of nitrogens with zero attached hydrogens (tertiary/aromatic N) is 1. The molecule has 128 valence electrons. The van der Waals surface area contributed by atoms with E-state index in [1.54, 1.807) is 0 Å². The molecule has 1 heterocycles. The van der Waals surface area contributed by atoms with E-state index in [4.69, 9.17) is 4.74 Å². The Morgan fingerprint density at radius 3 is 2.56 bits per heavy atom. The van der Waals surface area contributed by atoms with Gasteiger partial charge in [-0.05, 0) is 32.0 Å². The lowest BCUT2D eigenvalue weighted by Gasteiger charge is -2.07. The van der Waals surface area contributed by atoms with Crippen LogP contribution in [0.3, 0.4) is 0 Å². The fourth-order valence-corrected chi connectivity index (χ4v) is 3.28. The normalized spacial score (nSPS) is 10.6. The van der Waals surface area contributed by atoms with Crippen molar-refractivity contribution in [3.63, 3.8) is 0 Å². The first-order valence-electron chi connectivity index (χ1n) is 7.67. The van der Waals surface area contributed by atoms with Crippen molar-refractivity contribution in [3.05, 3.63) is 64.3 Å². The summed E-state index contributed by atoms with van der Waals surface area (Å²) in [6, 6.07) is 11.9. The van der Waals surface area contributed by atoms with Gasteiger partial charge in [-0.15, -0.1) is 11.3 Å². The van der Waals surface area contributed by atoms with Crippen molar-refractivity contribution in [3.8, 4) is 17.0 Å². The Morgan fingerprint density at radius 1 is 1.16 bits per heavy atom. The van der Waals surface area contributed by atoms with Gasteiger partial charge < -0.3 is 4.74 Å². The van der Waals surface area contributed by atoms with Crippen LogP contribution < -0.4 is 10.1 Å². The lowest BCUT2D eigenvalue weighted by atomic mass is 10.1. The average Bonchev–Trinajstić information content (AvgIpc) is 2.95.